The summed E-state index contributed by atoms with van der Waals surface area (Å²) in [5, 5.41) is 10.9. The monoisotopic (exact) mass is 550 g/mol. The molecule has 3 N–H and O–H groups in total. The van der Waals surface area contributed by atoms with Crippen molar-refractivity contribution in [3.63, 3.8) is 0 Å². The van der Waals surface area contributed by atoms with Crippen LogP contribution in [0.4, 0.5) is 17.6 Å². The Labute approximate surface area is 224 Å². The fourth-order valence-corrected chi connectivity index (χ4v) is 5.13. The van der Waals surface area contributed by atoms with E-state index in [-0.39, 0.29) is 16.8 Å². The van der Waals surface area contributed by atoms with Crippen molar-refractivity contribution in [2.24, 2.45) is 0 Å². The van der Waals surface area contributed by atoms with Crippen LogP contribution in [-0.4, -0.2) is 36.2 Å². The summed E-state index contributed by atoms with van der Waals surface area (Å²) in [5.41, 5.74) is 2.92. The minimum absolute atomic E-state index is 0.00594. The van der Waals surface area contributed by atoms with E-state index >= 15 is 0 Å². The Morgan fingerprint density at radius 3 is 2.45 bits per heavy atom. The molecule has 0 saturated carbocycles. The van der Waals surface area contributed by atoms with Gasteiger partial charge in [0.05, 0.1) is 12.0 Å². The summed E-state index contributed by atoms with van der Waals surface area (Å²) in [6.45, 7) is 1.37. The molecular weight excluding hydrogens is 528 g/mol. The van der Waals surface area contributed by atoms with Gasteiger partial charge in [0, 0.05) is 28.9 Å². The molecule has 0 bridgehead atoms. The molecule has 1 aliphatic heterocycles. The lowest BCUT2D eigenvalue weighted by molar-refractivity contribution is -0.114. The summed E-state index contributed by atoms with van der Waals surface area (Å²) in [5.74, 6) is 0.625. The maximum atomic E-state index is 13.1. The highest BCUT2D eigenvalue weighted by atomic mass is 35.5. The van der Waals surface area contributed by atoms with Gasteiger partial charge in [-0.15, -0.1) is 5.10 Å². The van der Waals surface area contributed by atoms with E-state index in [1.165, 1.54) is 31.2 Å². The molecule has 1 aromatic heterocycles. The molecule has 1 atom stereocenters. The number of carbonyl (C=O) groups excluding carboxylic acids is 1. The molecule has 5 rings (SSSR count). The van der Waals surface area contributed by atoms with Crippen LogP contribution in [0.3, 0.4) is 0 Å². The van der Waals surface area contributed by atoms with Gasteiger partial charge in [0.1, 0.15) is 11.8 Å². The van der Waals surface area contributed by atoms with E-state index < -0.39 is 16.1 Å². The zero-order valence-electron chi connectivity index (χ0n) is 20.3. The van der Waals surface area contributed by atoms with Crippen molar-refractivity contribution < 1.29 is 17.9 Å². The number of ether oxygens (including phenoxy) is 1. The first-order valence-corrected chi connectivity index (χ1v) is 13.3. The van der Waals surface area contributed by atoms with Gasteiger partial charge in [-0.2, -0.15) is 4.98 Å². The van der Waals surface area contributed by atoms with Crippen molar-refractivity contribution in [3.05, 3.63) is 95.0 Å². The van der Waals surface area contributed by atoms with Gasteiger partial charge in [-0.05, 0) is 54.1 Å². The number of hydrogen-bond acceptors (Lipinski definition) is 7. The molecule has 0 saturated heterocycles. The average Bonchev–Trinajstić information content (AvgIpc) is 3.30. The highest BCUT2D eigenvalue weighted by molar-refractivity contribution is 7.92. The summed E-state index contributed by atoms with van der Waals surface area (Å²) < 4.78 is 35.7. The van der Waals surface area contributed by atoms with Crippen LogP contribution >= 0.6 is 11.6 Å². The molecule has 0 unspecified atom stereocenters. The standard InChI is InChI=1S/C26H23ClN6O4S/c1-16(34)28-19-11-13-20(14-12-19)38(35,36)32-25-30-26-29-22(17-7-9-18(27)10-8-17)15-23(33(26)31-25)21-5-3-4-6-24(21)37-2/h3-15,23H,1-2H3,(H,28,34)(H2,29,30,31,32)/t23-/m1/s1. The van der Waals surface area contributed by atoms with Gasteiger partial charge in [0.15, 0.2) is 0 Å². The second-order valence-corrected chi connectivity index (χ2v) is 10.5. The number of hydrogen-bond donors (Lipinski definition) is 3. The van der Waals surface area contributed by atoms with Crippen molar-refractivity contribution in [3.8, 4) is 5.75 Å². The molecule has 38 heavy (non-hydrogen) atoms. The molecule has 10 nitrogen and oxygen atoms in total. The van der Waals surface area contributed by atoms with Crippen LogP contribution in [0.15, 0.2) is 83.8 Å². The van der Waals surface area contributed by atoms with Crippen LogP contribution in [0, 0.1) is 0 Å². The van der Waals surface area contributed by atoms with Gasteiger partial charge in [0.25, 0.3) is 16.0 Å². The largest absolute Gasteiger partial charge is 0.496 e. The zero-order valence-corrected chi connectivity index (χ0v) is 21.9. The van der Waals surface area contributed by atoms with Crippen LogP contribution in [-0.2, 0) is 14.8 Å². The minimum Gasteiger partial charge on any atom is -0.496 e. The van der Waals surface area contributed by atoms with Crippen molar-refractivity contribution in [1.82, 2.24) is 14.8 Å². The normalized spacial score (nSPS) is 14.6. The number of aromatic nitrogens is 3. The number of amides is 1. The van der Waals surface area contributed by atoms with E-state index in [2.05, 4.69) is 25.4 Å². The third-order valence-corrected chi connectivity index (χ3v) is 7.39. The van der Waals surface area contributed by atoms with Gasteiger partial charge < -0.3 is 15.4 Å². The van der Waals surface area contributed by atoms with Crippen LogP contribution in [0.1, 0.15) is 24.1 Å². The van der Waals surface area contributed by atoms with E-state index in [1.807, 2.05) is 42.5 Å². The smallest absolute Gasteiger partial charge is 0.264 e. The Morgan fingerprint density at radius 2 is 1.76 bits per heavy atom. The highest BCUT2D eigenvalue weighted by Crippen LogP contribution is 2.37. The topological polar surface area (TPSA) is 127 Å². The van der Waals surface area contributed by atoms with Crippen LogP contribution in [0.25, 0.3) is 5.70 Å². The number of anilines is 3. The van der Waals surface area contributed by atoms with Crippen LogP contribution in [0.5, 0.6) is 5.75 Å². The lowest BCUT2D eigenvalue weighted by atomic mass is 10.0. The Kier molecular flexibility index (Phi) is 6.79. The molecule has 0 radical (unpaired) electrons. The molecule has 194 valence electrons. The zero-order chi connectivity index (χ0) is 26.9. The van der Waals surface area contributed by atoms with Crippen LogP contribution < -0.4 is 20.1 Å². The van der Waals surface area contributed by atoms with Crippen molar-refractivity contribution >= 4 is 50.8 Å². The lowest BCUT2D eigenvalue weighted by Gasteiger charge is -2.25. The molecule has 2 heterocycles. The van der Waals surface area contributed by atoms with Crippen molar-refractivity contribution in [1.29, 1.82) is 0 Å². The van der Waals surface area contributed by atoms with Gasteiger partial charge in [-0.25, -0.2) is 17.8 Å². The predicted molar refractivity (Wildman–Crippen MR) is 146 cm³/mol. The maximum absolute atomic E-state index is 13.1. The van der Waals surface area contributed by atoms with E-state index in [0.717, 1.165) is 16.8 Å². The van der Waals surface area contributed by atoms with Crippen molar-refractivity contribution in [2.45, 2.75) is 17.9 Å². The SMILES string of the molecule is COc1ccccc1[C@H]1C=C(c2ccc(Cl)cc2)Nc2nc(NS(=O)(=O)c3ccc(NC(C)=O)cc3)nn21. The molecule has 1 aliphatic rings. The Bertz CT molecular complexity index is 1630. The maximum Gasteiger partial charge on any atom is 0.264 e. The lowest BCUT2D eigenvalue weighted by Crippen LogP contribution is -2.21. The Balaban J connectivity index is 1.50. The van der Waals surface area contributed by atoms with Gasteiger partial charge >= 0.3 is 0 Å². The third-order valence-electron chi connectivity index (χ3n) is 5.79. The summed E-state index contributed by atoms with van der Waals surface area (Å²) in [6, 6.07) is 20.2. The summed E-state index contributed by atoms with van der Waals surface area (Å²) in [4.78, 5) is 15.7. The number of nitrogens with one attached hydrogen (secondary N) is 3. The number of methoxy groups -OCH3 is 1. The molecule has 12 heteroatoms. The second-order valence-electron chi connectivity index (χ2n) is 8.41. The second kappa shape index (κ2) is 10.2. The summed E-state index contributed by atoms with van der Waals surface area (Å²) in [6.07, 6.45) is 1.96. The molecular formula is C26H23ClN6O4S. The summed E-state index contributed by atoms with van der Waals surface area (Å²) >= 11 is 6.08. The molecule has 1 amide bonds. The number of halogens is 1. The molecule has 4 aromatic rings. The average molecular weight is 551 g/mol. The van der Waals surface area contributed by atoms with E-state index in [0.29, 0.717) is 22.4 Å². The van der Waals surface area contributed by atoms with Gasteiger partial charge in [-0.1, -0.05) is 41.9 Å². The number of carbonyl (C=O) groups is 1. The number of nitrogens with zero attached hydrogens (tertiary/aromatic N) is 3. The van der Waals surface area contributed by atoms with E-state index in [4.69, 9.17) is 16.3 Å². The Morgan fingerprint density at radius 1 is 1.05 bits per heavy atom. The van der Waals surface area contributed by atoms with E-state index in [1.54, 1.807) is 23.9 Å². The van der Waals surface area contributed by atoms with Crippen molar-refractivity contribution in [2.75, 3.05) is 22.5 Å². The number of para-hydroxylation sites is 1. The molecule has 0 fully saturated rings. The van der Waals surface area contributed by atoms with E-state index in [9.17, 15) is 13.2 Å². The molecule has 0 aliphatic carbocycles. The number of allylic oxidation sites excluding steroid dienone is 1. The fraction of sp³-hybridized carbons (Fsp3) is 0.115. The fourth-order valence-electron chi connectivity index (χ4n) is 4.07. The third kappa shape index (κ3) is 5.20. The van der Waals surface area contributed by atoms with Crippen LogP contribution in [0.2, 0.25) is 5.02 Å². The first-order chi connectivity index (χ1) is 18.2. The number of sulfonamides is 1. The first-order valence-electron chi connectivity index (χ1n) is 11.5. The van der Waals surface area contributed by atoms with Gasteiger partial charge in [-0.3, -0.25) is 4.79 Å². The number of rotatable bonds is 7. The minimum atomic E-state index is -4.01. The number of benzene rings is 3. The predicted octanol–water partition coefficient (Wildman–Crippen LogP) is 4.76. The summed E-state index contributed by atoms with van der Waals surface area (Å²) in [7, 11) is -2.42. The molecule has 0 spiro atoms. The quantitative estimate of drug-likeness (QED) is 0.303. The highest BCUT2D eigenvalue weighted by Gasteiger charge is 2.28. The Hall–Kier alpha value is -4.35. The first kappa shape index (κ1) is 25.3. The van der Waals surface area contributed by atoms with Gasteiger partial charge in [0.2, 0.25) is 11.9 Å². The molecule has 3 aromatic carbocycles. The number of fused-ring (bicyclic) bond motifs is 1.